The predicted octanol–water partition coefficient (Wildman–Crippen LogP) is 1.38. The van der Waals surface area contributed by atoms with Crippen LogP contribution in [-0.2, 0) is 6.54 Å². The molecule has 0 radical (unpaired) electrons. The van der Waals surface area contributed by atoms with Gasteiger partial charge in [0.25, 0.3) is 0 Å². The van der Waals surface area contributed by atoms with Gasteiger partial charge in [0.15, 0.2) is 11.5 Å². The minimum atomic E-state index is -0.453. The van der Waals surface area contributed by atoms with Crippen LogP contribution in [0, 0.1) is 0 Å². The third kappa shape index (κ3) is 2.62. The molecule has 2 rings (SSSR count). The molecule has 0 amide bonds. The Morgan fingerprint density at radius 3 is 2.37 bits per heavy atom. The van der Waals surface area contributed by atoms with Crippen molar-refractivity contribution in [1.29, 1.82) is 0 Å². The second kappa shape index (κ2) is 5.27. The standard InChI is InChI=1S/C14H22N2O3/c1-16(2)14(6-3-7-14)9-15-8-10-4-5-11(17)13(19)12(10)18/h4-5,15,17-19H,3,6-9H2,1-2H3. The quantitative estimate of drug-likeness (QED) is 0.606. The van der Waals surface area contributed by atoms with Crippen LogP contribution < -0.4 is 5.32 Å². The van der Waals surface area contributed by atoms with Gasteiger partial charge in [0, 0.05) is 24.2 Å². The van der Waals surface area contributed by atoms with Crippen LogP contribution in [0.3, 0.4) is 0 Å². The van der Waals surface area contributed by atoms with Crippen LogP contribution >= 0.6 is 0 Å². The summed E-state index contributed by atoms with van der Waals surface area (Å²) in [5.41, 5.74) is 0.803. The lowest BCUT2D eigenvalue weighted by atomic mass is 9.75. The van der Waals surface area contributed by atoms with Gasteiger partial charge in [0.2, 0.25) is 5.75 Å². The van der Waals surface area contributed by atoms with Crippen LogP contribution in [0.1, 0.15) is 24.8 Å². The molecule has 0 atom stereocenters. The molecule has 1 aromatic rings. The molecule has 4 N–H and O–H groups in total. The molecular formula is C14H22N2O3. The van der Waals surface area contributed by atoms with Crippen LogP contribution in [0.5, 0.6) is 17.2 Å². The number of likely N-dealkylation sites (N-methyl/N-ethyl adjacent to an activating group) is 1. The van der Waals surface area contributed by atoms with Gasteiger partial charge < -0.3 is 25.5 Å². The second-order valence-corrected chi connectivity index (χ2v) is 5.52. The largest absolute Gasteiger partial charge is 0.504 e. The van der Waals surface area contributed by atoms with Crippen molar-refractivity contribution in [3.63, 3.8) is 0 Å². The molecule has 5 nitrogen and oxygen atoms in total. The molecule has 19 heavy (non-hydrogen) atoms. The molecule has 1 aromatic carbocycles. The van der Waals surface area contributed by atoms with Crippen molar-refractivity contribution in [2.24, 2.45) is 0 Å². The molecule has 5 heteroatoms. The minimum absolute atomic E-state index is 0.217. The first kappa shape index (κ1) is 14.0. The lowest BCUT2D eigenvalue weighted by molar-refractivity contribution is 0.0597. The maximum atomic E-state index is 9.73. The lowest BCUT2D eigenvalue weighted by Gasteiger charge is -2.47. The zero-order valence-electron chi connectivity index (χ0n) is 11.5. The average Bonchev–Trinajstić information content (AvgIpc) is 2.31. The highest BCUT2D eigenvalue weighted by Crippen LogP contribution is 2.38. The predicted molar refractivity (Wildman–Crippen MR) is 73.4 cm³/mol. The number of phenols is 3. The number of nitrogens with one attached hydrogen (secondary N) is 1. The summed E-state index contributed by atoms with van der Waals surface area (Å²) in [5.74, 6) is -1.00. The summed E-state index contributed by atoms with van der Waals surface area (Å²) >= 11 is 0. The van der Waals surface area contributed by atoms with E-state index in [-0.39, 0.29) is 17.0 Å². The van der Waals surface area contributed by atoms with Gasteiger partial charge in [-0.3, -0.25) is 0 Å². The van der Waals surface area contributed by atoms with E-state index in [1.54, 1.807) is 6.07 Å². The maximum Gasteiger partial charge on any atom is 0.200 e. The van der Waals surface area contributed by atoms with E-state index in [0.717, 1.165) is 6.54 Å². The molecular weight excluding hydrogens is 244 g/mol. The highest BCUT2D eigenvalue weighted by molar-refractivity contribution is 5.52. The van der Waals surface area contributed by atoms with E-state index in [9.17, 15) is 15.3 Å². The van der Waals surface area contributed by atoms with Gasteiger partial charge >= 0.3 is 0 Å². The summed E-state index contributed by atoms with van der Waals surface area (Å²) in [6.07, 6.45) is 3.62. The summed E-state index contributed by atoms with van der Waals surface area (Å²) in [6.45, 7) is 1.32. The average molecular weight is 266 g/mol. The normalized spacial score (nSPS) is 17.4. The van der Waals surface area contributed by atoms with E-state index in [2.05, 4.69) is 24.3 Å². The maximum absolute atomic E-state index is 9.73. The topological polar surface area (TPSA) is 76.0 Å². The van der Waals surface area contributed by atoms with Crippen LogP contribution in [0.25, 0.3) is 0 Å². The van der Waals surface area contributed by atoms with Crippen LogP contribution in [0.4, 0.5) is 0 Å². The van der Waals surface area contributed by atoms with E-state index in [1.165, 1.54) is 25.3 Å². The summed E-state index contributed by atoms with van der Waals surface area (Å²) in [4.78, 5) is 2.25. The highest BCUT2D eigenvalue weighted by atomic mass is 16.3. The van der Waals surface area contributed by atoms with Gasteiger partial charge in [-0.25, -0.2) is 0 Å². The van der Waals surface area contributed by atoms with Crippen molar-refractivity contribution >= 4 is 0 Å². The Kier molecular flexibility index (Phi) is 3.87. The van der Waals surface area contributed by atoms with Gasteiger partial charge in [0.05, 0.1) is 0 Å². The molecule has 0 heterocycles. The van der Waals surface area contributed by atoms with Crippen LogP contribution in [0.15, 0.2) is 12.1 Å². The van der Waals surface area contributed by atoms with E-state index in [4.69, 9.17) is 0 Å². The fraction of sp³-hybridized carbons (Fsp3) is 0.571. The second-order valence-electron chi connectivity index (χ2n) is 5.52. The highest BCUT2D eigenvalue weighted by Gasteiger charge is 2.38. The number of hydrogen-bond donors (Lipinski definition) is 4. The van der Waals surface area contributed by atoms with Crippen molar-refractivity contribution in [3.8, 4) is 17.2 Å². The fourth-order valence-corrected chi connectivity index (χ4v) is 2.55. The molecule has 0 saturated heterocycles. The Morgan fingerprint density at radius 2 is 1.84 bits per heavy atom. The zero-order chi connectivity index (χ0) is 14.0. The molecule has 0 aromatic heterocycles. The monoisotopic (exact) mass is 266 g/mol. The molecule has 0 aliphatic heterocycles. The van der Waals surface area contributed by atoms with E-state index >= 15 is 0 Å². The van der Waals surface area contributed by atoms with E-state index in [0.29, 0.717) is 12.1 Å². The first-order chi connectivity index (χ1) is 8.96. The summed E-state index contributed by atoms with van der Waals surface area (Å²) in [5, 5.41) is 31.8. The van der Waals surface area contributed by atoms with E-state index < -0.39 is 5.75 Å². The summed E-state index contributed by atoms with van der Waals surface area (Å²) in [7, 11) is 4.18. The minimum Gasteiger partial charge on any atom is -0.504 e. The number of nitrogens with zero attached hydrogens (tertiary/aromatic N) is 1. The van der Waals surface area contributed by atoms with Gasteiger partial charge in [0.1, 0.15) is 0 Å². The fourth-order valence-electron chi connectivity index (χ4n) is 2.55. The van der Waals surface area contributed by atoms with Crippen LogP contribution in [0.2, 0.25) is 0 Å². The number of benzene rings is 1. The van der Waals surface area contributed by atoms with Crippen molar-refractivity contribution in [2.45, 2.75) is 31.3 Å². The Bertz CT molecular complexity index is 456. The molecule has 0 spiro atoms. The van der Waals surface area contributed by atoms with Gasteiger partial charge in [-0.2, -0.15) is 0 Å². The smallest absolute Gasteiger partial charge is 0.200 e. The third-order valence-electron chi connectivity index (χ3n) is 4.22. The summed E-state index contributed by atoms with van der Waals surface area (Å²) in [6, 6.07) is 3.00. The SMILES string of the molecule is CN(C)C1(CNCc2ccc(O)c(O)c2O)CCC1. The van der Waals surface area contributed by atoms with Crippen molar-refractivity contribution in [2.75, 3.05) is 20.6 Å². The van der Waals surface area contributed by atoms with Gasteiger partial charge in [-0.1, -0.05) is 6.07 Å². The first-order valence-corrected chi connectivity index (χ1v) is 6.57. The molecule has 1 aliphatic carbocycles. The van der Waals surface area contributed by atoms with Crippen molar-refractivity contribution < 1.29 is 15.3 Å². The van der Waals surface area contributed by atoms with E-state index in [1.807, 2.05) is 0 Å². The molecule has 1 saturated carbocycles. The molecule has 0 bridgehead atoms. The molecule has 1 fully saturated rings. The summed E-state index contributed by atoms with van der Waals surface area (Å²) < 4.78 is 0. The Balaban J connectivity index is 1.95. The van der Waals surface area contributed by atoms with Gasteiger partial charge in [-0.05, 0) is 39.4 Å². The van der Waals surface area contributed by atoms with Crippen molar-refractivity contribution in [3.05, 3.63) is 17.7 Å². The molecule has 0 unspecified atom stereocenters. The molecule has 1 aliphatic rings. The Hall–Kier alpha value is -1.46. The number of phenolic OH excluding ortho intramolecular Hbond substituents is 3. The Labute approximate surface area is 113 Å². The third-order valence-corrected chi connectivity index (χ3v) is 4.22. The number of aromatic hydroxyl groups is 3. The molecule has 106 valence electrons. The number of hydrogen-bond acceptors (Lipinski definition) is 5. The van der Waals surface area contributed by atoms with Crippen LogP contribution in [-0.4, -0.2) is 46.4 Å². The number of rotatable bonds is 5. The van der Waals surface area contributed by atoms with Gasteiger partial charge in [-0.15, -0.1) is 0 Å². The first-order valence-electron chi connectivity index (χ1n) is 6.57. The zero-order valence-corrected chi connectivity index (χ0v) is 11.5. The van der Waals surface area contributed by atoms with Crippen molar-refractivity contribution in [1.82, 2.24) is 10.2 Å². The lowest BCUT2D eigenvalue weighted by Crippen LogP contribution is -2.56. The Morgan fingerprint density at radius 1 is 1.16 bits per heavy atom.